The van der Waals surface area contributed by atoms with E-state index in [1.807, 2.05) is 49.5 Å². The smallest absolute Gasteiger partial charge is 0.228 e. The first kappa shape index (κ1) is 25.0. The quantitative estimate of drug-likeness (QED) is 0.278. The maximum atomic E-state index is 13.2. The van der Waals surface area contributed by atoms with Crippen LogP contribution in [0.25, 0.3) is 23.1 Å². The van der Waals surface area contributed by atoms with Crippen LogP contribution in [-0.4, -0.2) is 50.0 Å². The molecule has 192 valence electrons. The summed E-state index contributed by atoms with van der Waals surface area (Å²) in [6, 6.07) is 24.4. The molecule has 1 amide bonds. The van der Waals surface area contributed by atoms with Gasteiger partial charge in [0.05, 0.1) is 6.42 Å². The number of rotatable bonds is 10. The van der Waals surface area contributed by atoms with E-state index in [0.717, 1.165) is 39.9 Å². The highest BCUT2D eigenvalue weighted by Crippen LogP contribution is 2.29. The van der Waals surface area contributed by atoms with Gasteiger partial charge in [-0.3, -0.25) is 4.79 Å². The van der Waals surface area contributed by atoms with Gasteiger partial charge in [-0.15, -0.1) is 10.2 Å². The number of nitrogens with zero attached hydrogens (tertiary/aromatic N) is 4. The summed E-state index contributed by atoms with van der Waals surface area (Å²) >= 11 is 0. The number of hydrogen-bond acceptors (Lipinski definition) is 5. The fourth-order valence-corrected chi connectivity index (χ4v) is 4.27. The molecule has 0 saturated carbocycles. The van der Waals surface area contributed by atoms with E-state index in [2.05, 4.69) is 68.9 Å². The van der Waals surface area contributed by atoms with Crippen molar-refractivity contribution in [3.8, 4) is 5.75 Å². The lowest BCUT2D eigenvalue weighted by atomic mass is 10.1. The first-order valence-electron chi connectivity index (χ1n) is 12.6. The Morgan fingerprint density at radius 1 is 1.00 bits per heavy atom. The fraction of sp³-hybridized carbons (Fsp3) is 0.200. The Morgan fingerprint density at radius 3 is 2.58 bits per heavy atom. The summed E-state index contributed by atoms with van der Waals surface area (Å²) in [6.45, 7) is 3.19. The van der Waals surface area contributed by atoms with Crippen LogP contribution in [-0.2, 0) is 24.2 Å². The number of ether oxygens (including phenoxy) is 1. The lowest BCUT2D eigenvalue weighted by Crippen LogP contribution is -2.30. The maximum absolute atomic E-state index is 13.2. The summed E-state index contributed by atoms with van der Waals surface area (Å²) in [4.78, 5) is 18.4. The van der Waals surface area contributed by atoms with Crippen molar-refractivity contribution in [3.05, 3.63) is 107 Å². The summed E-state index contributed by atoms with van der Waals surface area (Å²) in [5.74, 6) is 1.25. The highest BCUT2D eigenvalue weighted by molar-refractivity contribution is 5.95. The standard InChI is InChI=1S/C30H30N6O2/c1-21-8-10-23(11-9-21)20-38-24-12-14-27-26(18-24)25(13-15-29-32-34-35-33-29)28(31-27)19-30(37)36(2)17-16-22-6-4-3-5-7-22/h3-15,18,31H,16-17,19-20H2,1-2H3,(H,32,33,34,35). The van der Waals surface area contributed by atoms with Crippen molar-refractivity contribution in [1.82, 2.24) is 30.5 Å². The molecule has 0 unspecified atom stereocenters. The van der Waals surface area contributed by atoms with Gasteiger partial charge in [0.15, 0.2) is 5.82 Å². The van der Waals surface area contributed by atoms with Gasteiger partial charge in [0.25, 0.3) is 0 Å². The zero-order chi connectivity index (χ0) is 26.3. The predicted octanol–water partition coefficient (Wildman–Crippen LogP) is 4.98. The van der Waals surface area contributed by atoms with Crippen LogP contribution in [0.3, 0.4) is 0 Å². The minimum absolute atomic E-state index is 0.0394. The summed E-state index contributed by atoms with van der Waals surface area (Å²) < 4.78 is 6.10. The second kappa shape index (κ2) is 11.6. The Balaban J connectivity index is 1.37. The molecule has 0 saturated heterocycles. The summed E-state index contributed by atoms with van der Waals surface area (Å²) in [5, 5.41) is 15.1. The summed E-state index contributed by atoms with van der Waals surface area (Å²) in [5.41, 5.74) is 6.18. The largest absolute Gasteiger partial charge is 0.489 e. The zero-order valence-corrected chi connectivity index (χ0v) is 21.5. The van der Waals surface area contributed by atoms with Crippen LogP contribution in [0.2, 0.25) is 0 Å². The molecule has 2 aromatic heterocycles. The van der Waals surface area contributed by atoms with Gasteiger partial charge in [-0.05, 0) is 60.0 Å². The number of nitrogens with one attached hydrogen (secondary N) is 2. The van der Waals surface area contributed by atoms with E-state index in [1.165, 1.54) is 11.1 Å². The van der Waals surface area contributed by atoms with E-state index in [-0.39, 0.29) is 12.3 Å². The molecular weight excluding hydrogens is 476 g/mol. The van der Waals surface area contributed by atoms with Gasteiger partial charge in [0.1, 0.15) is 12.4 Å². The minimum Gasteiger partial charge on any atom is -0.489 e. The van der Waals surface area contributed by atoms with Crippen molar-refractivity contribution in [2.24, 2.45) is 0 Å². The monoisotopic (exact) mass is 506 g/mol. The number of carbonyl (C=O) groups excluding carboxylic acids is 1. The average molecular weight is 507 g/mol. The number of H-pyrrole nitrogens is 2. The zero-order valence-electron chi connectivity index (χ0n) is 21.5. The molecule has 0 spiro atoms. The summed E-state index contributed by atoms with van der Waals surface area (Å²) in [7, 11) is 1.85. The highest BCUT2D eigenvalue weighted by atomic mass is 16.5. The van der Waals surface area contributed by atoms with Crippen LogP contribution in [0.5, 0.6) is 5.75 Å². The van der Waals surface area contributed by atoms with Gasteiger partial charge in [0.2, 0.25) is 5.91 Å². The summed E-state index contributed by atoms with van der Waals surface area (Å²) in [6.07, 6.45) is 4.74. The molecule has 0 radical (unpaired) electrons. The second-order valence-electron chi connectivity index (χ2n) is 9.33. The van der Waals surface area contributed by atoms with Gasteiger partial charge in [0, 0.05) is 35.8 Å². The molecule has 0 aliphatic heterocycles. The number of likely N-dealkylation sites (N-methyl/N-ethyl adjacent to an activating group) is 1. The van der Waals surface area contributed by atoms with Crippen molar-refractivity contribution in [3.63, 3.8) is 0 Å². The molecule has 38 heavy (non-hydrogen) atoms. The predicted molar refractivity (Wildman–Crippen MR) is 148 cm³/mol. The normalized spacial score (nSPS) is 11.3. The molecule has 0 bridgehead atoms. The van der Waals surface area contributed by atoms with Gasteiger partial charge in [-0.1, -0.05) is 60.2 Å². The molecule has 5 rings (SSSR count). The molecule has 0 aliphatic carbocycles. The van der Waals surface area contributed by atoms with Crippen molar-refractivity contribution in [1.29, 1.82) is 0 Å². The van der Waals surface area contributed by atoms with E-state index < -0.39 is 0 Å². The molecule has 2 N–H and O–H groups in total. The highest BCUT2D eigenvalue weighted by Gasteiger charge is 2.17. The molecule has 2 heterocycles. The van der Waals surface area contributed by atoms with Crippen molar-refractivity contribution in [2.75, 3.05) is 13.6 Å². The lowest BCUT2D eigenvalue weighted by molar-refractivity contribution is -0.129. The van der Waals surface area contributed by atoms with Crippen molar-refractivity contribution >= 4 is 29.0 Å². The number of aryl methyl sites for hydroxylation is 1. The Bertz CT molecular complexity index is 1520. The van der Waals surface area contributed by atoms with Crippen LogP contribution >= 0.6 is 0 Å². The van der Waals surface area contributed by atoms with Crippen LogP contribution in [0.15, 0.2) is 72.8 Å². The Labute approximate surface area is 221 Å². The van der Waals surface area contributed by atoms with Crippen LogP contribution in [0.1, 0.15) is 33.8 Å². The fourth-order valence-electron chi connectivity index (χ4n) is 4.27. The first-order chi connectivity index (χ1) is 18.5. The molecule has 3 aromatic carbocycles. The number of aromatic nitrogens is 5. The molecule has 8 nitrogen and oxygen atoms in total. The third kappa shape index (κ3) is 6.15. The van der Waals surface area contributed by atoms with Gasteiger partial charge in [-0.25, -0.2) is 0 Å². The number of tetrazole rings is 1. The van der Waals surface area contributed by atoms with E-state index in [9.17, 15) is 4.79 Å². The second-order valence-corrected chi connectivity index (χ2v) is 9.33. The van der Waals surface area contributed by atoms with E-state index >= 15 is 0 Å². The molecule has 0 fully saturated rings. The average Bonchev–Trinajstić information content (AvgIpc) is 3.58. The SMILES string of the molecule is Cc1ccc(COc2ccc3[nH]c(CC(=O)N(C)CCc4ccccc4)c(C=Cc4nn[nH]n4)c3c2)cc1. The maximum Gasteiger partial charge on any atom is 0.228 e. The third-order valence-electron chi connectivity index (χ3n) is 6.51. The lowest BCUT2D eigenvalue weighted by Gasteiger charge is -2.17. The van der Waals surface area contributed by atoms with E-state index in [0.29, 0.717) is 19.0 Å². The molecule has 8 heteroatoms. The van der Waals surface area contributed by atoms with Gasteiger partial charge < -0.3 is 14.6 Å². The molecule has 0 aliphatic rings. The molecule has 0 atom stereocenters. The van der Waals surface area contributed by atoms with Crippen molar-refractivity contribution in [2.45, 2.75) is 26.4 Å². The Kier molecular flexibility index (Phi) is 7.59. The number of benzene rings is 3. The van der Waals surface area contributed by atoms with E-state index in [1.54, 1.807) is 11.0 Å². The van der Waals surface area contributed by atoms with E-state index in [4.69, 9.17) is 4.74 Å². The first-order valence-corrected chi connectivity index (χ1v) is 12.6. The Morgan fingerprint density at radius 2 is 1.82 bits per heavy atom. The van der Waals surface area contributed by atoms with Gasteiger partial charge >= 0.3 is 0 Å². The molecule has 5 aromatic rings. The number of amides is 1. The van der Waals surface area contributed by atoms with Gasteiger partial charge in [-0.2, -0.15) is 5.21 Å². The number of hydrogen-bond donors (Lipinski definition) is 2. The van der Waals surface area contributed by atoms with Crippen molar-refractivity contribution < 1.29 is 9.53 Å². The van der Waals surface area contributed by atoms with Crippen LogP contribution < -0.4 is 4.74 Å². The number of aromatic amines is 2. The number of carbonyl (C=O) groups is 1. The third-order valence-corrected chi connectivity index (χ3v) is 6.51. The Hall–Kier alpha value is -4.72. The molecular formula is C30H30N6O2. The number of fused-ring (bicyclic) bond motifs is 1. The van der Waals surface area contributed by atoms with Crippen LogP contribution in [0, 0.1) is 6.92 Å². The van der Waals surface area contributed by atoms with Crippen LogP contribution in [0.4, 0.5) is 0 Å². The topological polar surface area (TPSA) is 99.8 Å². The minimum atomic E-state index is 0.0394.